The van der Waals surface area contributed by atoms with Gasteiger partial charge in [0.25, 0.3) is 0 Å². The quantitative estimate of drug-likeness (QED) is 0.272. The Balaban J connectivity index is 1.67. The van der Waals surface area contributed by atoms with Crippen LogP contribution in [-0.4, -0.2) is 0 Å². The van der Waals surface area contributed by atoms with E-state index in [1.807, 2.05) is 19.1 Å². The van der Waals surface area contributed by atoms with Gasteiger partial charge in [-0.25, -0.2) is 17.6 Å². The van der Waals surface area contributed by atoms with Gasteiger partial charge in [-0.3, -0.25) is 0 Å². The van der Waals surface area contributed by atoms with E-state index in [0.29, 0.717) is 41.9 Å². The van der Waals surface area contributed by atoms with Gasteiger partial charge in [0.1, 0.15) is 0 Å². The monoisotopic (exact) mass is 430 g/mol. The molecule has 0 unspecified atom stereocenters. The topological polar surface area (TPSA) is 0 Å². The summed E-state index contributed by atoms with van der Waals surface area (Å²) in [7, 11) is 0. The Kier molecular flexibility index (Phi) is 6.55. The Morgan fingerprint density at radius 3 is 2.16 bits per heavy atom. The van der Waals surface area contributed by atoms with Crippen molar-refractivity contribution in [2.24, 2.45) is 5.92 Å². The highest BCUT2D eigenvalue weighted by Gasteiger charge is 2.34. The lowest BCUT2D eigenvalue weighted by molar-refractivity contribution is 0.303. The van der Waals surface area contributed by atoms with Crippen LogP contribution in [0.15, 0.2) is 24.3 Å². The molecule has 31 heavy (non-hydrogen) atoms. The lowest BCUT2D eigenvalue weighted by Gasteiger charge is -2.29. The van der Waals surface area contributed by atoms with Crippen molar-refractivity contribution in [2.75, 3.05) is 0 Å². The van der Waals surface area contributed by atoms with Crippen LogP contribution < -0.4 is 0 Å². The molecule has 0 atom stereocenters. The number of allylic oxidation sites excluding steroid dienone is 2. The third-order valence-electron chi connectivity index (χ3n) is 7.11. The second kappa shape index (κ2) is 9.18. The van der Waals surface area contributed by atoms with Gasteiger partial charge in [0.15, 0.2) is 23.3 Å². The van der Waals surface area contributed by atoms with Crippen molar-refractivity contribution in [3.63, 3.8) is 0 Å². The molecule has 4 heteroatoms. The molecule has 166 valence electrons. The summed E-state index contributed by atoms with van der Waals surface area (Å²) in [6, 6.07) is 3.35. The molecular formula is C27H30F4. The standard InChI is InChI=1S/C27H30F4/c1-3-5-6-8-18-13-19-14-20-15-21(17-11-9-16(7-4-2)10-12-17)25(29)27(31)23(20)22(19)26(30)24(18)28/h3,5,13,15-17H,4,6-12,14H2,1-2H3/b5-3+. The molecule has 0 amide bonds. The molecule has 0 saturated heterocycles. The van der Waals surface area contributed by atoms with Crippen molar-refractivity contribution < 1.29 is 17.6 Å². The van der Waals surface area contributed by atoms with Crippen molar-refractivity contribution in [1.29, 1.82) is 0 Å². The van der Waals surface area contributed by atoms with Crippen LogP contribution in [0.4, 0.5) is 17.6 Å². The van der Waals surface area contributed by atoms with Crippen LogP contribution in [0.3, 0.4) is 0 Å². The highest BCUT2D eigenvalue weighted by molar-refractivity contribution is 5.79. The molecule has 2 aliphatic rings. The Bertz CT molecular complexity index is 997. The van der Waals surface area contributed by atoms with Gasteiger partial charge in [-0.15, -0.1) is 0 Å². The summed E-state index contributed by atoms with van der Waals surface area (Å²) in [5, 5.41) is 0. The van der Waals surface area contributed by atoms with Crippen LogP contribution in [0, 0.1) is 29.2 Å². The Morgan fingerprint density at radius 1 is 0.871 bits per heavy atom. The number of hydrogen-bond acceptors (Lipinski definition) is 0. The maximum Gasteiger partial charge on any atom is 0.167 e. The van der Waals surface area contributed by atoms with E-state index >= 15 is 8.78 Å². The Hall–Kier alpha value is -2.10. The molecule has 0 bridgehead atoms. The van der Waals surface area contributed by atoms with E-state index in [4.69, 9.17) is 0 Å². The zero-order valence-electron chi connectivity index (χ0n) is 18.3. The molecule has 4 rings (SSSR count). The van der Waals surface area contributed by atoms with Crippen LogP contribution in [0.2, 0.25) is 0 Å². The van der Waals surface area contributed by atoms with Crippen molar-refractivity contribution in [3.8, 4) is 11.1 Å². The average Bonchev–Trinajstić information content (AvgIpc) is 3.14. The van der Waals surface area contributed by atoms with E-state index in [-0.39, 0.29) is 22.6 Å². The van der Waals surface area contributed by atoms with Crippen molar-refractivity contribution in [3.05, 3.63) is 69.8 Å². The van der Waals surface area contributed by atoms with Crippen LogP contribution in [0.25, 0.3) is 11.1 Å². The van der Waals surface area contributed by atoms with E-state index in [2.05, 4.69) is 6.92 Å². The van der Waals surface area contributed by atoms with Crippen molar-refractivity contribution in [2.45, 2.75) is 77.6 Å². The summed E-state index contributed by atoms with van der Waals surface area (Å²) in [4.78, 5) is 0. The first-order chi connectivity index (χ1) is 15.0. The molecule has 0 aliphatic heterocycles. The largest absolute Gasteiger partial charge is 0.203 e. The predicted octanol–water partition coefficient (Wildman–Crippen LogP) is 8.40. The van der Waals surface area contributed by atoms with Crippen LogP contribution >= 0.6 is 0 Å². The van der Waals surface area contributed by atoms with Crippen LogP contribution in [0.5, 0.6) is 0 Å². The fraction of sp³-hybridized carbons (Fsp3) is 0.481. The minimum Gasteiger partial charge on any atom is -0.203 e. The van der Waals surface area contributed by atoms with Gasteiger partial charge >= 0.3 is 0 Å². The summed E-state index contributed by atoms with van der Waals surface area (Å²) in [6.45, 7) is 4.05. The van der Waals surface area contributed by atoms with E-state index in [1.165, 1.54) is 6.42 Å². The predicted molar refractivity (Wildman–Crippen MR) is 117 cm³/mol. The Morgan fingerprint density at radius 2 is 1.52 bits per heavy atom. The first-order valence-electron chi connectivity index (χ1n) is 11.6. The minimum absolute atomic E-state index is 0.00501. The molecule has 0 radical (unpaired) electrons. The number of benzene rings is 2. The van der Waals surface area contributed by atoms with E-state index in [0.717, 1.165) is 32.1 Å². The summed E-state index contributed by atoms with van der Waals surface area (Å²) < 4.78 is 59.9. The molecule has 2 aromatic rings. The molecule has 1 fully saturated rings. The molecule has 2 aliphatic carbocycles. The maximum atomic E-state index is 15.2. The second-order valence-electron chi connectivity index (χ2n) is 9.12. The first-order valence-corrected chi connectivity index (χ1v) is 11.6. The molecule has 0 heterocycles. The number of hydrogen-bond donors (Lipinski definition) is 0. The van der Waals surface area contributed by atoms with Gasteiger partial charge < -0.3 is 0 Å². The summed E-state index contributed by atoms with van der Waals surface area (Å²) in [5.74, 6) is -3.25. The van der Waals surface area contributed by atoms with Gasteiger partial charge in [-0.2, -0.15) is 0 Å². The van der Waals surface area contributed by atoms with E-state index in [1.54, 1.807) is 12.1 Å². The number of fused-ring (bicyclic) bond motifs is 3. The summed E-state index contributed by atoms with van der Waals surface area (Å²) in [6.07, 6.45) is 11.2. The third kappa shape index (κ3) is 4.06. The zero-order valence-corrected chi connectivity index (χ0v) is 18.3. The maximum absolute atomic E-state index is 15.2. The molecule has 1 saturated carbocycles. The molecule has 0 spiro atoms. The van der Waals surface area contributed by atoms with Crippen LogP contribution in [0.1, 0.15) is 87.0 Å². The number of aryl methyl sites for hydroxylation is 1. The molecule has 0 N–H and O–H groups in total. The normalized spacial score (nSPS) is 20.3. The highest BCUT2D eigenvalue weighted by atomic mass is 19.2. The highest BCUT2D eigenvalue weighted by Crippen LogP contribution is 2.46. The smallest absolute Gasteiger partial charge is 0.167 e. The minimum atomic E-state index is -1.06. The second-order valence-corrected chi connectivity index (χ2v) is 9.12. The SMILES string of the molecule is C/C=C/CCc1cc2c(c(F)c1F)-c1c(cc(C3CCC(CCC)CC3)c(F)c1F)C2. The van der Waals surface area contributed by atoms with Gasteiger partial charge in [-0.1, -0.05) is 44.1 Å². The molecule has 0 aromatic heterocycles. The average molecular weight is 431 g/mol. The lowest BCUT2D eigenvalue weighted by Crippen LogP contribution is -2.15. The van der Waals surface area contributed by atoms with Crippen LogP contribution in [-0.2, 0) is 12.8 Å². The Labute approximate surface area is 182 Å². The van der Waals surface area contributed by atoms with Crippen molar-refractivity contribution >= 4 is 0 Å². The molecular weight excluding hydrogens is 400 g/mol. The number of rotatable bonds is 6. The van der Waals surface area contributed by atoms with Gasteiger partial charge in [0.05, 0.1) is 0 Å². The lowest BCUT2D eigenvalue weighted by atomic mass is 9.76. The zero-order chi connectivity index (χ0) is 22.1. The van der Waals surface area contributed by atoms with Gasteiger partial charge in [0.2, 0.25) is 0 Å². The third-order valence-corrected chi connectivity index (χ3v) is 7.11. The van der Waals surface area contributed by atoms with Gasteiger partial charge in [0, 0.05) is 11.1 Å². The summed E-state index contributed by atoms with van der Waals surface area (Å²) >= 11 is 0. The fourth-order valence-electron chi connectivity index (χ4n) is 5.52. The van der Waals surface area contributed by atoms with E-state index in [9.17, 15) is 8.78 Å². The molecule has 0 nitrogen and oxygen atoms in total. The number of halogens is 4. The summed E-state index contributed by atoms with van der Waals surface area (Å²) in [5.41, 5.74) is 1.63. The van der Waals surface area contributed by atoms with E-state index < -0.39 is 23.3 Å². The fourth-order valence-corrected chi connectivity index (χ4v) is 5.52. The first kappa shape index (κ1) is 22.1. The van der Waals surface area contributed by atoms with Gasteiger partial charge in [-0.05, 0) is 86.0 Å². The molecule has 2 aromatic carbocycles. The van der Waals surface area contributed by atoms with Crippen molar-refractivity contribution in [1.82, 2.24) is 0 Å².